The number of carbonyl (C=O) groups excluding carboxylic acids is 1. The van der Waals surface area contributed by atoms with Gasteiger partial charge in [-0.25, -0.2) is 4.99 Å². The third-order valence-electron chi connectivity index (χ3n) is 3.77. The van der Waals surface area contributed by atoms with Gasteiger partial charge >= 0.3 is 6.18 Å². The molecule has 0 aliphatic carbocycles. The van der Waals surface area contributed by atoms with Crippen LogP contribution in [0, 0.1) is 0 Å². The summed E-state index contributed by atoms with van der Waals surface area (Å²) in [5, 5.41) is 2.51. The Hall–Kier alpha value is -3.03. The third kappa shape index (κ3) is 3.63. The van der Waals surface area contributed by atoms with Crippen LogP contribution in [0.5, 0.6) is 5.75 Å². The van der Waals surface area contributed by atoms with Crippen LogP contribution in [0.4, 0.5) is 18.9 Å². The Morgan fingerprint density at radius 3 is 2.65 bits per heavy atom. The van der Waals surface area contributed by atoms with E-state index in [9.17, 15) is 18.0 Å². The van der Waals surface area contributed by atoms with E-state index >= 15 is 0 Å². The van der Waals surface area contributed by atoms with E-state index in [-0.39, 0.29) is 5.75 Å². The van der Waals surface area contributed by atoms with E-state index in [0.29, 0.717) is 30.3 Å². The van der Waals surface area contributed by atoms with Crippen LogP contribution < -0.4 is 10.1 Å². The largest absolute Gasteiger partial charge is 0.497 e. The smallest absolute Gasteiger partial charge is 0.417 e. The van der Waals surface area contributed by atoms with Crippen molar-refractivity contribution in [2.75, 3.05) is 25.6 Å². The second kappa shape index (κ2) is 7.07. The summed E-state index contributed by atoms with van der Waals surface area (Å²) in [6, 6.07) is 9.83. The molecule has 1 heterocycles. The molecule has 8 heteroatoms. The molecular weight excluding hydrogens is 349 g/mol. The summed E-state index contributed by atoms with van der Waals surface area (Å²) < 4.78 is 50.1. The van der Waals surface area contributed by atoms with Gasteiger partial charge in [0.15, 0.2) is 0 Å². The fraction of sp³-hybridized carbons (Fsp3) is 0.222. The molecule has 2 aromatic carbocycles. The highest BCUT2D eigenvalue weighted by Gasteiger charge is 2.36. The fourth-order valence-corrected chi connectivity index (χ4v) is 2.55. The lowest BCUT2D eigenvalue weighted by molar-refractivity contribution is -0.138. The number of halogens is 3. The highest BCUT2D eigenvalue weighted by Crippen LogP contribution is 2.35. The van der Waals surface area contributed by atoms with Crippen LogP contribution in [0.3, 0.4) is 0 Å². The predicted molar refractivity (Wildman–Crippen MR) is 89.7 cm³/mol. The Morgan fingerprint density at radius 1 is 1.23 bits per heavy atom. The zero-order valence-corrected chi connectivity index (χ0v) is 13.8. The van der Waals surface area contributed by atoms with E-state index in [0.717, 1.165) is 12.1 Å². The summed E-state index contributed by atoms with van der Waals surface area (Å²) in [6.45, 7) is 0.919. The van der Waals surface area contributed by atoms with Crippen LogP contribution in [0.15, 0.2) is 47.5 Å². The maximum Gasteiger partial charge on any atom is 0.417 e. The van der Waals surface area contributed by atoms with Crippen molar-refractivity contribution in [1.29, 1.82) is 0 Å². The lowest BCUT2D eigenvalue weighted by Crippen LogP contribution is -2.20. The minimum absolute atomic E-state index is 0.0167. The van der Waals surface area contributed by atoms with E-state index in [1.54, 1.807) is 24.3 Å². The summed E-state index contributed by atoms with van der Waals surface area (Å²) in [4.78, 5) is 16.7. The number of methoxy groups -OCH3 is 1. The average molecular weight is 364 g/mol. The average Bonchev–Trinajstić information content (AvgIpc) is 3.15. The molecule has 136 valence electrons. The van der Waals surface area contributed by atoms with Gasteiger partial charge in [-0.15, -0.1) is 0 Å². The Balaban J connectivity index is 1.95. The van der Waals surface area contributed by atoms with Gasteiger partial charge in [0, 0.05) is 0 Å². The number of nitrogens with one attached hydrogen (secondary N) is 1. The van der Waals surface area contributed by atoms with E-state index < -0.39 is 23.2 Å². The SMILES string of the molecule is COc1ccc(C(=O)Nc2ccccc2C2=NCCO2)c(C(F)(F)F)c1. The normalized spacial score (nSPS) is 13.8. The lowest BCUT2D eigenvalue weighted by Gasteiger charge is -2.15. The van der Waals surface area contributed by atoms with Gasteiger partial charge in [0.05, 0.1) is 36.0 Å². The van der Waals surface area contributed by atoms with Crippen molar-refractivity contribution in [2.45, 2.75) is 6.18 Å². The van der Waals surface area contributed by atoms with Crippen molar-refractivity contribution in [1.82, 2.24) is 0 Å². The third-order valence-corrected chi connectivity index (χ3v) is 3.77. The van der Waals surface area contributed by atoms with Gasteiger partial charge in [-0.1, -0.05) is 12.1 Å². The fourth-order valence-electron chi connectivity index (χ4n) is 2.55. The number of ether oxygens (including phenoxy) is 2. The molecule has 3 rings (SSSR count). The summed E-state index contributed by atoms with van der Waals surface area (Å²) in [7, 11) is 1.26. The monoisotopic (exact) mass is 364 g/mol. The van der Waals surface area contributed by atoms with Gasteiger partial charge in [-0.3, -0.25) is 4.79 Å². The van der Waals surface area contributed by atoms with Crippen molar-refractivity contribution in [2.24, 2.45) is 4.99 Å². The molecule has 5 nitrogen and oxygen atoms in total. The molecule has 1 N–H and O–H groups in total. The van der Waals surface area contributed by atoms with Crippen molar-refractivity contribution in [3.63, 3.8) is 0 Å². The van der Waals surface area contributed by atoms with Crippen LogP contribution >= 0.6 is 0 Å². The van der Waals surface area contributed by atoms with E-state index in [4.69, 9.17) is 9.47 Å². The first kappa shape index (κ1) is 17.8. The molecular formula is C18H15F3N2O3. The van der Waals surface area contributed by atoms with E-state index in [1.807, 2.05) is 0 Å². The number of carbonyl (C=O) groups is 1. The molecule has 0 aromatic heterocycles. The topological polar surface area (TPSA) is 59.9 Å². The first-order valence-electron chi connectivity index (χ1n) is 7.73. The first-order valence-corrected chi connectivity index (χ1v) is 7.73. The second-order valence-corrected chi connectivity index (χ2v) is 5.44. The number of aliphatic imine (C=N–C) groups is 1. The molecule has 1 amide bonds. The number of nitrogens with zero attached hydrogens (tertiary/aromatic N) is 1. The maximum absolute atomic E-state index is 13.3. The number of alkyl halides is 3. The van der Waals surface area contributed by atoms with Gasteiger partial charge in [0.1, 0.15) is 12.4 Å². The van der Waals surface area contributed by atoms with Crippen LogP contribution in [-0.2, 0) is 10.9 Å². The Kier molecular flexibility index (Phi) is 4.83. The Morgan fingerprint density at radius 2 is 2.00 bits per heavy atom. The summed E-state index contributed by atoms with van der Waals surface area (Å²) >= 11 is 0. The molecule has 26 heavy (non-hydrogen) atoms. The van der Waals surface area contributed by atoms with Crippen molar-refractivity contribution < 1.29 is 27.4 Å². The van der Waals surface area contributed by atoms with Crippen LogP contribution in [0.25, 0.3) is 0 Å². The van der Waals surface area contributed by atoms with E-state index in [2.05, 4.69) is 10.3 Å². The number of para-hydroxylation sites is 1. The first-order chi connectivity index (χ1) is 12.4. The maximum atomic E-state index is 13.3. The van der Waals surface area contributed by atoms with Gasteiger partial charge < -0.3 is 14.8 Å². The molecule has 0 saturated heterocycles. The summed E-state index contributed by atoms with van der Waals surface area (Å²) in [6.07, 6.45) is -4.70. The van der Waals surface area contributed by atoms with Gasteiger partial charge in [0.25, 0.3) is 5.91 Å². The number of hydrogen-bond donors (Lipinski definition) is 1. The van der Waals surface area contributed by atoms with Gasteiger partial charge in [-0.2, -0.15) is 13.2 Å². The standard InChI is InChI=1S/C18H15F3N2O3/c1-25-11-6-7-12(14(10-11)18(19,20)21)16(24)23-15-5-3-2-4-13(15)17-22-8-9-26-17/h2-7,10H,8-9H2,1H3,(H,23,24). The van der Waals surface area contributed by atoms with Crippen molar-refractivity contribution in [3.05, 3.63) is 59.2 Å². The van der Waals surface area contributed by atoms with Crippen LogP contribution in [0.2, 0.25) is 0 Å². The molecule has 1 aliphatic heterocycles. The molecule has 0 fully saturated rings. The minimum atomic E-state index is -4.70. The molecule has 0 unspecified atom stereocenters. The van der Waals surface area contributed by atoms with Gasteiger partial charge in [-0.05, 0) is 30.3 Å². The Bertz CT molecular complexity index is 863. The second-order valence-electron chi connectivity index (χ2n) is 5.44. The Labute approximate surface area is 147 Å². The molecule has 0 radical (unpaired) electrons. The zero-order valence-electron chi connectivity index (χ0n) is 13.8. The number of benzene rings is 2. The van der Waals surface area contributed by atoms with Crippen molar-refractivity contribution in [3.8, 4) is 5.75 Å². The predicted octanol–water partition coefficient (Wildman–Crippen LogP) is 3.74. The molecule has 2 aromatic rings. The highest BCUT2D eigenvalue weighted by molar-refractivity contribution is 6.09. The summed E-state index contributed by atoms with van der Waals surface area (Å²) in [5.74, 6) is -0.513. The van der Waals surface area contributed by atoms with Crippen molar-refractivity contribution >= 4 is 17.5 Å². The molecule has 0 spiro atoms. The molecule has 0 saturated carbocycles. The number of hydrogen-bond acceptors (Lipinski definition) is 4. The van der Waals surface area contributed by atoms with E-state index in [1.165, 1.54) is 13.2 Å². The number of anilines is 1. The minimum Gasteiger partial charge on any atom is -0.497 e. The number of amides is 1. The quantitative estimate of drug-likeness (QED) is 0.899. The molecule has 1 aliphatic rings. The van der Waals surface area contributed by atoms with Crippen LogP contribution in [0.1, 0.15) is 21.5 Å². The highest BCUT2D eigenvalue weighted by atomic mass is 19.4. The molecule has 0 bridgehead atoms. The lowest BCUT2D eigenvalue weighted by atomic mass is 10.0. The summed E-state index contributed by atoms with van der Waals surface area (Å²) in [5.41, 5.74) is -0.730. The van der Waals surface area contributed by atoms with Crippen LogP contribution in [-0.4, -0.2) is 32.1 Å². The zero-order chi connectivity index (χ0) is 18.7. The number of rotatable bonds is 4. The van der Waals surface area contributed by atoms with Gasteiger partial charge in [0.2, 0.25) is 5.90 Å². The molecule has 0 atom stereocenters.